The number of anilines is 1. The van der Waals surface area contributed by atoms with Crippen LogP contribution < -0.4 is 25.0 Å². The fourth-order valence-corrected chi connectivity index (χ4v) is 4.32. The summed E-state index contributed by atoms with van der Waals surface area (Å²) in [5.74, 6) is -0.464. The first kappa shape index (κ1) is 26.7. The largest absolute Gasteiger partial charge is 0.493 e. The van der Waals surface area contributed by atoms with Crippen molar-refractivity contribution in [3.05, 3.63) is 78.3 Å². The zero-order valence-corrected chi connectivity index (χ0v) is 21.3. The van der Waals surface area contributed by atoms with Gasteiger partial charge in [0.2, 0.25) is 11.8 Å². The number of rotatable bonds is 11. The summed E-state index contributed by atoms with van der Waals surface area (Å²) in [6, 6.07) is 15.9. The van der Waals surface area contributed by atoms with Gasteiger partial charge in [0.1, 0.15) is 6.04 Å². The van der Waals surface area contributed by atoms with Crippen LogP contribution >= 0.6 is 0 Å². The molecule has 0 bridgehead atoms. The summed E-state index contributed by atoms with van der Waals surface area (Å²) in [6.07, 6.45) is 3.07. The monoisotopic (exact) mass is 521 g/mol. The number of nitrogens with one attached hydrogen (secondary N) is 2. The van der Waals surface area contributed by atoms with Crippen LogP contribution in [-0.2, 0) is 14.3 Å². The van der Waals surface area contributed by atoms with E-state index in [1.165, 1.54) is 31.4 Å². The molecular weight excluding hydrogens is 490 g/mol. The summed E-state index contributed by atoms with van der Waals surface area (Å²) in [4.78, 5) is 41.3. The van der Waals surface area contributed by atoms with E-state index in [1.807, 2.05) is 6.07 Å². The van der Waals surface area contributed by atoms with Crippen molar-refractivity contribution in [1.82, 2.24) is 10.6 Å². The van der Waals surface area contributed by atoms with E-state index in [-0.39, 0.29) is 18.4 Å². The lowest BCUT2D eigenvalue weighted by Gasteiger charge is -2.32. The molecule has 2 heterocycles. The molecule has 1 aliphatic rings. The van der Waals surface area contributed by atoms with Crippen molar-refractivity contribution in [3.63, 3.8) is 0 Å². The lowest BCUT2D eigenvalue weighted by atomic mass is 10.0. The minimum Gasteiger partial charge on any atom is -0.493 e. The first-order chi connectivity index (χ1) is 18.5. The summed E-state index contributed by atoms with van der Waals surface area (Å²) < 4.78 is 21.6. The molecule has 200 valence electrons. The number of nitrogens with zero attached hydrogens (tertiary/aromatic N) is 1. The second-order valence-electron chi connectivity index (χ2n) is 8.66. The third kappa shape index (κ3) is 6.33. The molecule has 1 aromatic heterocycles. The maximum atomic E-state index is 13.8. The second-order valence-corrected chi connectivity index (χ2v) is 8.66. The fourth-order valence-electron chi connectivity index (χ4n) is 4.32. The van der Waals surface area contributed by atoms with E-state index in [4.69, 9.17) is 18.6 Å². The Morgan fingerprint density at radius 1 is 1.00 bits per heavy atom. The minimum absolute atomic E-state index is 0.0785. The number of para-hydroxylation sites is 1. The molecule has 2 aromatic carbocycles. The number of methoxy groups -OCH3 is 2. The number of ether oxygens (including phenoxy) is 3. The number of hydrogen-bond donors (Lipinski definition) is 2. The van der Waals surface area contributed by atoms with Crippen LogP contribution in [0.5, 0.6) is 11.5 Å². The van der Waals surface area contributed by atoms with Crippen LogP contribution in [0.4, 0.5) is 5.69 Å². The van der Waals surface area contributed by atoms with Crippen molar-refractivity contribution in [2.75, 3.05) is 38.8 Å². The van der Waals surface area contributed by atoms with Crippen LogP contribution in [0.3, 0.4) is 0 Å². The maximum Gasteiger partial charge on any atom is 0.287 e. The Hall–Kier alpha value is -4.31. The van der Waals surface area contributed by atoms with Crippen LogP contribution in [0.1, 0.15) is 35.0 Å². The molecule has 3 amide bonds. The Kier molecular flexibility index (Phi) is 8.99. The Morgan fingerprint density at radius 3 is 2.45 bits per heavy atom. The average molecular weight is 522 g/mol. The molecule has 3 aromatic rings. The van der Waals surface area contributed by atoms with Crippen LogP contribution in [0.15, 0.2) is 71.3 Å². The van der Waals surface area contributed by atoms with Crippen LogP contribution in [0, 0.1) is 0 Å². The van der Waals surface area contributed by atoms with Gasteiger partial charge in [-0.1, -0.05) is 24.3 Å². The molecule has 0 spiro atoms. The number of benzene rings is 2. The molecule has 4 rings (SSSR count). The highest BCUT2D eigenvalue weighted by molar-refractivity contribution is 6.04. The summed E-state index contributed by atoms with van der Waals surface area (Å²) in [5.41, 5.74) is 0.985. The molecule has 0 unspecified atom stereocenters. The summed E-state index contributed by atoms with van der Waals surface area (Å²) in [6.45, 7) is 0.607. The van der Waals surface area contributed by atoms with Gasteiger partial charge in [-0.15, -0.1) is 0 Å². The fraction of sp³-hybridized carbons (Fsp3) is 0.321. The number of furan rings is 1. The van der Waals surface area contributed by atoms with E-state index in [0.717, 1.165) is 12.8 Å². The van der Waals surface area contributed by atoms with E-state index in [0.29, 0.717) is 35.9 Å². The van der Waals surface area contributed by atoms with Gasteiger partial charge >= 0.3 is 0 Å². The van der Waals surface area contributed by atoms with E-state index in [1.54, 1.807) is 48.5 Å². The number of carbonyl (C=O) groups is 3. The molecule has 1 aliphatic heterocycles. The highest BCUT2D eigenvalue weighted by Gasteiger charge is 2.34. The van der Waals surface area contributed by atoms with Crippen molar-refractivity contribution in [1.29, 1.82) is 0 Å². The Labute approximate surface area is 220 Å². The third-order valence-electron chi connectivity index (χ3n) is 6.21. The molecule has 2 N–H and O–H groups in total. The van der Waals surface area contributed by atoms with E-state index < -0.39 is 23.8 Å². The quantitative estimate of drug-likeness (QED) is 0.398. The van der Waals surface area contributed by atoms with Crippen LogP contribution in [-0.4, -0.2) is 57.7 Å². The molecule has 1 fully saturated rings. The predicted octanol–water partition coefficient (Wildman–Crippen LogP) is 3.10. The standard InChI is InChI=1S/C28H31N3O7/c1-35-22-13-12-19(16-24(22)36-2)26(28(34)29-17-21-10-6-14-37-21)31(20-8-4-3-5-9-20)25(32)18-30-27(33)23-11-7-15-38-23/h3-5,7-9,11-13,15-16,21,26H,6,10,14,17-18H2,1-2H3,(H,29,34)(H,30,33)/t21-,26+/m0/s1. The molecule has 10 heteroatoms. The van der Waals surface area contributed by atoms with Gasteiger partial charge in [0.25, 0.3) is 5.91 Å². The molecule has 0 aliphatic carbocycles. The second kappa shape index (κ2) is 12.8. The zero-order chi connectivity index (χ0) is 26.9. The van der Waals surface area contributed by atoms with Gasteiger partial charge in [-0.25, -0.2) is 0 Å². The van der Waals surface area contributed by atoms with E-state index in [2.05, 4.69) is 10.6 Å². The predicted molar refractivity (Wildman–Crippen MR) is 139 cm³/mol. The van der Waals surface area contributed by atoms with Gasteiger partial charge in [0, 0.05) is 18.8 Å². The zero-order valence-electron chi connectivity index (χ0n) is 21.3. The van der Waals surface area contributed by atoms with Crippen LogP contribution in [0.25, 0.3) is 0 Å². The molecule has 10 nitrogen and oxygen atoms in total. The van der Waals surface area contributed by atoms with Crippen molar-refractivity contribution >= 4 is 23.4 Å². The summed E-state index contributed by atoms with van der Waals surface area (Å²) in [7, 11) is 3.02. The van der Waals surface area contributed by atoms with Gasteiger partial charge in [0.15, 0.2) is 17.3 Å². The smallest absolute Gasteiger partial charge is 0.287 e. The Bertz CT molecular complexity index is 1220. The lowest BCUT2D eigenvalue weighted by Crippen LogP contribution is -2.48. The first-order valence-corrected chi connectivity index (χ1v) is 12.3. The van der Waals surface area contributed by atoms with E-state index in [9.17, 15) is 14.4 Å². The molecule has 2 atom stereocenters. The van der Waals surface area contributed by atoms with Gasteiger partial charge < -0.3 is 29.3 Å². The number of carbonyl (C=O) groups excluding carboxylic acids is 3. The van der Waals surface area contributed by atoms with Gasteiger partial charge in [0.05, 0.1) is 33.1 Å². The first-order valence-electron chi connectivity index (χ1n) is 12.3. The summed E-state index contributed by atoms with van der Waals surface area (Å²) in [5, 5.41) is 5.53. The SMILES string of the molecule is COc1ccc([C@H](C(=O)NC[C@@H]2CCCO2)N(C(=O)CNC(=O)c2ccco2)c2ccccc2)cc1OC. The topological polar surface area (TPSA) is 119 Å². The van der Waals surface area contributed by atoms with Crippen molar-refractivity contribution < 1.29 is 33.0 Å². The highest BCUT2D eigenvalue weighted by atomic mass is 16.5. The molecule has 1 saturated heterocycles. The van der Waals surface area contributed by atoms with Gasteiger partial charge in [-0.05, 0) is 54.8 Å². The molecular formula is C28H31N3O7. The Balaban J connectivity index is 1.68. The Morgan fingerprint density at radius 2 is 1.79 bits per heavy atom. The van der Waals surface area contributed by atoms with Gasteiger partial charge in [-0.2, -0.15) is 0 Å². The average Bonchev–Trinajstić information content (AvgIpc) is 3.68. The summed E-state index contributed by atoms with van der Waals surface area (Å²) >= 11 is 0. The lowest BCUT2D eigenvalue weighted by molar-refractivity contribution is -0.126. The molecule has 0 radical (unpaired) electrons. The van der Waals surface area contributed by atoms with Crippen molar-refractivity contribution in [2.45, 2.75) is 25.0 Å². The normalized spacial score (nSPS) is 15.4. The maximum absolute atomic E-state index is 13.8. The van der Waals surface area contributed by atoms with Crippen molar-refractivity contribution in [3.8, 4) is 11.5 Å². The highest BCUT2D eigenvalue weighted by Crippen LogP contribution is 2.34. The number of amides is 3. The van der Waals surface area contributed by atoms with E-state index >= 15 is 0 Å². The minimum atomic E-state index is -1.08. The molecule has 38 heavy (non-hydrogen) atoms. The molecule has 0 saturated carbocycles. The van der Waals surface area contributed by atoms with Gasteiger partial charge in [-0.3, -0.25) is 19.3 Å². The third-order valence-corrected chi connectivity index (χ3v) is 6.21. The van der Waals surface area contributed by atoms with Crippen molar-refractivity contribution in [2.24, 2.45) is 0 Å². The number of hydrogen-bond acceptors (Lipinski definition) is 7. The van der Waals surface area contributed by atoms with Crippen LogP contribution in [0.2, 0.25) is 0 Å².